The number of sulfonamides is 1. The average Bonchev–Trinajstić information content (AvgIpc) is 2.80. The zero-order valence-electron chi connectivity index (χ0n) is 11.5. The highest BCUT2D eigenvalue weighted by atomic mass is 32.2. The summed E-state index contributed by atoms with van der Waals surface area (Å²) in [6.07, 6.45) is 0. The molecule has 2 aromatic rings. The number of nitrogens with two attached hydrogens (primary N) is 1. The third-order valence-corrected chi connectivity index (χ3v) is 3.88. The number of hydrogen-bond acceptors (Lipinski definition) is 6. The number of aromatic nitrogens is 2. The summed E-state index contributed by atoms with van der Waals surface area (Å²) in [5, 5.41) is 3.52. The Morgan fingerprint density at radius 3 is 2.76 bits per heavy atom. The van der Waals surface area contributed by atoms with Crippen molar-refractivity contribution < 1.29 is 12.9 Å². The van der Waals surface area contributed by atoms with Gasteiger partial charge in [-0.15, -0.1) is 0 Å². The van der Waals surface area contributed by atoms with Crippen molar-refractivity contribution in [3.05, 3.63) is 35.2 Å². The molecule has 0 aliphatic carbocycles. The van der Waals surface area contributed by atoms with Crippen LogP contribution >= 0.6 is 0 Å². The smallest absolute Gasteiger partial charge is 0.320 e. The summed E-state index contributed by atoms with van der Waals surface area (Å²) in [7, 11) is -3.87. The maximum Gasteiger partial charge on any atom is 0.335 e. The molecule has 0 saturated heterocycles. The summed E-state index contributed by atoms with van der Waals surface area (Å²) >= 11 is 0. The Balaban J connectivity index is 2.44. The zero-order valence-corrected chi connectivity index (χ0v) is 12.4. The van der Waals surface area contributed by atoms with E-state index in [2.05, 4.69) is 26.7 Å². The Hall–Kier alpha value is -2.37. The molecule has 0 amide bonds. The first-order chi connectivity index (χ1) is 9.92. The molecule has 2 rings (SSSR count). The Labute approximate surface area is 122 Å². The molecule has 1 heterocycles. The normalized spacial score (nSPS) is 10.8. The molecule has 8 heteroatoms. The van der Waals surface area contributed by atoms with Crippen LogP contribution < -0.4 is 10.5 Å². The fourth-order valence-electron chi connectivity index (χ4n) is 1.63. The number of benzene rings is 1. The van der Waals surface area contributed by atoms with Gasteiger partial charge in [0.25, 0.3) is 10.0 Å². The molecule has 0 fully saturated rings. The van der Waals surface area contributed by atoms with Crippen LogP contribution in [0.4, 0.5) is 6.01 Å². The number of rotatable bonds is 3. The topological polar surface area (TPSA) is 111 Å². The molecule has 0 radical (unpaired) electrons. The van der Waals surface area contributed by atoms with Crippen LogP contribution in [0.2, 0.25) is 0 Å². The van der Waals surface area contributed by atoms with Crippen molar-refractivity contribution in [1.29, 1.82) is 0 Å². The minimum absolute atomic E-state index is 0.0323. The second-order valence-electron chi connectivity index (χ2n) is 4.26. The summed E-state index contributed by atoms with van der Waals surface area (Å²) in [5.74, 6) is 5.73. The third kappa shape index (κ3) is 3.59. The summed E-state index contributed by atoms with van der Waals surface area (Å²) in [5.41, 5.74) is 6.59. The molecule has 0 aliphatic rings. The summed E-state index contributed by atoms with van der Waals surface area (Å²) < 4.78 is 31.7. The molecule has 7 nitrogen and oxygen atoms in total. The van der Waals surface area contributed by atoms with E-state index in [1.54, 1.807) is 19.1 Å². The van der Waals surface area contributed by atoms with Gasteiger partial charge < -0.3 is 10.3 Å². The lowest BCUT2D eigenvalue weighted by atomic mass is 10.1. The molecule has 3 N–H and O–H groups in total. The number of nitrogens with zero attached hydrogens (tertiary/aromatic N) is 2. The average molecular weight is 306 g/mol. The van der Waals surface area contributed by atoms with Crippen LogP contribution in [0.5, 0.6) is 0 Å². The largest absolute Gasteiger partial charge is 0.335 e. The van der Waals surface area contributed by atoms with Crippen LogP contribution in [-0.2, 0) is 10.0 Å². The number of anilines is 1. The fourth-order valence-corrected chi connectivity index (χ4v) is 2.70. The number of aryl methyl sites for hydroxylation is 2. The molecule has 0 atom stereocenters. The van der Waals surface area contributed by atoms with E-state index in [-0.39, 0.29) is 17.5 Å². The minimum atomic E-state index is -3.87. The van der Waals surface area contributed by atoms with E-state index in [0.717, 1.165) is 5.56 Å². The van der Waals surface area contributed by atoms with E-state index in [1.807, 2.05) is 6.92 Å². The van der Waals surface area contributed by atoms with Crippen molar-refractivity contribution in [3.8, 4) is 11.8 Å². The van der Waals surface area contributed by atoms with Gasteiger partial charge in [0.1, 0.15) is 4.90 Å². The van der Waals surface area contributed by atoms with Crippen molar-refractivity contribution in [2.45, 2.75) is 18.7 Å². The lowest BCUT2D eigenvalue weighted by molar-refractivity contribution is 0.429. The van der Waals surface area contributed by atoms with Crippen molar-refractivity contribution in [2.75, 3.05) is 11.3 Å². The van der Waals surface area contributed by atoms with E-state index in [1.165, 1.54) is 6.07 Å². The molecular formula is C13H14N4O3S. The molecule has 0 unspecified atom stereocenters. The first-order valence-electron chi connectivity index (χ1n) is 6.05. The second-order valence-corrected chi connectivity index (χ2v) is 5.91. The molecule has 0 spiro atoms. The molecule has 0 aliphatic heterocycles. The van der Waals surface area contributed by atoms with Crippen LogP contribution in [0.1, 0.15) is 17.0 Å². The van der Waals surface area contributed by atoms with Gasteiger partial charge in [-0.2, -0.15) is 4.98 Å². The minimum Gasteiger partial charge on any atom is -0.320 e. The van der Waals surface area contributed by atoms with Crippen molar-refractivity contribution in [1.82, 2.24) is 10.1 Å². The highest BCUT2D eigenvalue weighted by molar-refractivity contribution is 7.92. The van der Waals surface area contributed by atoms with E-state index in [0.29, 0.717) is 11.4 Å². The molecule has 110 valence electrons. The Morgan fingerprint density at radius 1 is 1.38 bits per heavy atom. The molecule has 1 aromatic heterocycles. The standard InChI is InChI=1S/C13H14N4O3S/c1-9-5-6-12(11(8-9)4-3-7-14)21(18,19)17-13-15-10(2)16-20-13/h5-6,8H,7,14H2,1-2H3,(H,15,16,17). The number of nitrogens with one attached hydrogen (secondary N) is 1. The van der Waals surface area contributed by atoms with Crippen molar-refractivity contribution in [3.63, 3.8) is 0 Å². The van der Waals surface area contributed by atoms with E-state index < -0.39 is 10.0 Å². The number of hydrogen-bond donors (Lipinski definition) is 2. The van der Waals surface area contributed by atoms with Crippen LogP contribution in [0, 0.1) is 25.7 Å². The Morgan fingerprint density at radius 2 is 2.14 bits per heavy atom. The van der Waals surface area contributed by atoms with Crippen LogP contribution in [0.3, 0.4) is 0 Å². The van der Waals surface area contributed by atoms with E-state index in [4.69, 9.17) is 10.3 Å². The van der Waals surface area contributed by atoms with Gasteiger partial charge in [-0.3, -0.25) is 0 Å². The van der Waals surface area contributed by atoms with E-state index in [9.17, 15) is 8.42 Å². The van der Waals surface area contributed by atoms with Gasteiger partial charge in [0.2, 0.25) is 0 Å². The molecule has 1 aromatic carbocycles. The fraction of sp³-hybridized carbons (Fsp3) is 0.231. The summed E-state index contributed by atoms with van der Waals surface area (Å²) in [4.78, 5) is 3.84. The highest BCUT2D eigenvalue weighted by Crippen LogP contribution is 2.19. The summed E-state index contributed by atoms with van der Waals surface area (Å²) in [6.45, 7) is 3.58. The maximum atomic E-state index is 12.4. The molecule has 21 heavy (non-hydrogen) atoms. The second kappa shape index (κ2) is 5.95. The molecular weight excluding hydrogens is 292 g/mol. The Kier molecular flexibility index (Phi) is 4.26. The predicted octanol–water partition coefficient (Wildman–Crippen LogP) is 0.797. The van der Waals surface area contributed by atoms with Gasteiger partial charge in [0, 0.05) is 5.56 Å². The van der Waals surface area contributed by atoms with E-state index >= 15 is 0 Å². The predicted molar refractivity (Wildman–Crippen MR) is 77.0 cm³/mol. The maximum absolute atomic E-state index is 12.4. The van der Waals surface area contributed by atoms with Gasteiger partial charge in [-0.05, 0) is 31.5 Å². The summed E-state index contributed by atoms with van der Waals surface area (Å²) in [6, 6.07) is 4.64. The lowest BCUT2D eigenvalue weighted by Crippen LogP contribution is -2.15. The van der Waals surface area contributed by atoms with Crippen molar-refractivity contribution >= 4 is 16.0 Å². The first-order valence-corrected chi connectivity index (χ1v) is 7.53. The van der Waals surface area contributed by atoms with Crippen LogP contribution in [0.25, 0.3) is 0 Å². The van der Waals surface area contributed by atoms with Crippen LogP contribution in [-0.4, -0.2) is 25.1 Å². The van der Waals surface area contributed by atoms with Crippen LogP contribution in [0.15, 0.2) is 27.6 Å². The van der Waals surface area contributed by atoms with Gasteiger partial charge in [-0.25, -0.2) is 13.1 Å². The first kappa shape index (κ1) is 15.0. The molecule has 0 bridgehead atoms. The monoisotopic (exact) mass is 306 g/mol. The molecule has 0 saturated carbocycles. The third-order valence-electron chi connectivity index (χ3n) is 2.50. The van der Waals surface area contributed by atoms with Gasteiger partial charge in [0.05, 0.1) is 6.54 Å². The SMILES string of the molecule is Cc1ccc(S(=O)(=O)Nc2nc(C)no2)c(C#CCN)c1. The van der Waals surface area contributed by atoms with Crippen molar-refractivity contribution in [2.24, 2.45) is 5.73 Å². The zero-order chi connectivity index (χ0) is 15.5. The lowest BCUT2D eigenvalue weighted by Gasteiger charge is -2.07. The Bertz CT molecular complexity index is 815. The van der Waals surface area contributed by atoms with Gasteiger partial charge >= 0.3 is 6.01 Å². The van der Waals surface area contributed by atoms with Gasteiger partial charge in [-0.1, -0.05) is 23.1 Å². The highest BCUT2D eigenvalue weighted by Gasteiger charge is 2.20. The quantitative estimate of drug-likeness (QED) is 0.811. The van der Waals surface area contributed by atoms with Gasteiger partial charge in [0.15, 0.2) is 5.82 Å².